The van der Waals surface area contributed by atoms with Crippen LogP contribution in [0.4, 0.5) is 5.69 Å². The van der Waals surface area contributed by atoms with Gasteiger partial charge in [-0.3, -0.25) is 4.72 Å². The van der Waals surface area contributed by atoms with Gasteiger partial charge < -0.3 is 0 Å². The average molecular weight is 296 g/mol. The van der Waals surface area contributed by atoms with Gasteiger partial charge in [-0.15, -0.1) is 0 Å². The molecule has 0 saturated heterocycles. The summed E-state index contributed by atoms with van der Waals surface area (Å²) in [5.74, 6) is 0. The zero-order chi connectivity index (χ0) is 14.2. The summed E-state index contributed by atoms with van der Waals surface area (Å²) in [4.78, 5) is 1.18. The second-order valence-electron chi connectivity index (χ2n) is 4.57. The Labute approximate surface area is 117 Å². The predicted octanol–water partition coefficient (Wildman–Crippen LogP) is 3.18. The van der Waals surface area contributed by atoms with E-state index in [-0.39, 0.29) is 0 Å². The zero-order valence-electron chi connectivity index (χ0n) is 11.3. The van der Waals surface area contributed by atoms with Crippen LogP contribution in [0, 0.1) is 27.7 Å². The Bertz CT molecular complexity index is 699. The molecule has 1 heterocycles. The van der Waals surface area contributed by atoms with E-state index in [1.54, 1.807) is 19.9 Å². The third-order valence-electron chi connectivity index (χ3n) is 2.90. The van der Waals surface area contributed by atoms with E-state index in [9.17, 15) is 8.42 Å². The summed E-state index contributed by atoms with van der Waals surface area (Å²) in [6, 6.07) is 5.40. The Morgan fingerprint density at radius 3 is 2.42 bits per heavy atom. The number of rotatable bonds is 3. The second kappa shape index (κ2) is 4.94. The minimum Gasteiger partial charge on any atom is -0.277 e. The summed E-state index contributed by atoms with van der Waals surface area (Å²) < 4.78 is 31.7. The molecule has 0 radical (unpaired) electrons. The monoisotopic (exact) mass is 296 g/mol. The molecule has 6 heteroatoms. The largest absolute Gasteiger partial charge is 0.277 e. The van der Waals surface area contributed by atoms with E-state index in [1.165, 1.54) is 11.5 Å². The highest BCUT2D eigenvalue weighted by atomic mass is 32.2. The Hall–Kier alpha value is -1.40. The lowest BCUT2D eigenvalue weighted by Gasteiger charge is -2.11. The fraction of sp³-hybridized carbons (Fsp3) is 0.308. The number of sulfonamides is 1. The number of anilines is 1. The molecule has 2 rings (SSSR count). The highest BCUT2D eigenvalue weighted by molar-refractivity contribution is 7.92. The summed E-state index contributed by atoms with van der Waals surface area (Å²) in [5, 5.41) is 0. The summed E-state index contributed by atoms with van der Waals surface area (Å²) in [5.41, 5.74) is 2.95. The SMILES string of the molecule is Cc1ccc(C)c(S(=O)(=O)Nc2c(C)nsc2C)c1. The van der Waals surface area contributed by atoms with Gasteiger partial charge in [0.15, 0.2) is 0 Å². The van der Waals surface area contributed by atoms with Gasteiger partial charge in [-0.1, -0.05) is 12.1 Å². The van der Waals surface area contributed by atoms with Crippen molar-refractivity contribution in [1.82, 2.24) is 4.37 Å². The quantitative estimate of drug-likeness (QED) is 0.946. The fourth-order valence-corrected chi connectivity index (χ4v) is 4.05. The average Bonchev–Trinajstić information content (AvgIpc) is 2.63. The Balaban J connectivity index is 2.47. The lowest BCUT2D eigenvalue weighted by molar-refractivity contribution is 0.600. The molecule has 0 saturated carbocycles. The number of benzene rings is 1. The van der Waals surface area contributed by atoms with Gasteiger partial charge >= 0.3 is 0 Å². The first kappa shape index (κ1) is 14.0. The van der Waals surface area contributed by atoms with Crippen LogP contribution in [0.15, 0.2) is 23.1 Å². The summed E-state index contributed by atoms with van der Waals surface area (Å²) in [6.07, 6.45) is 0. The molecular weight excluding hydrogens is 280 g/mol. The van der Waals surface area contributed by atoms with Crippen molar-refractivity contribution in [2.24, 2.45) is 0 Å². The molecule has 0 aliphatic heterocycles. The Kier molecular flexibility index (Phi) is 3.64. The first-order valence-corrected chi connectivity index (χ1v) is 8.10. The van der Waals surface area contributed by atoms with Crippen molar-refractivity contribution in [2.45, 2.75) is 32.6 Å². The molecule has 0 bridgehead atoms. The molecule has 1 N–H and O–H groups in total. The second-order valence-corrected chi connectivity index (χ2v) is 7.20. The zero-order valence-corrected chi connectivity index (χ0v) is 12.9. The minimum absolute atomic E-state index is 0.317. The van der Waals surface area contributed by atoms with Gasteiger partial charge in [-0.05, 0) is 56.4 Å². The molecule has 0 aliphatic carbocycles. The molecule has 0 unspecified atom stereocenters. The van der Waals surface area contributed by atoms with Crippen molar-refractivity contribution in [1.29, 1.82) is 0 Å². The molecule has 0 atom stereocenters. The molecule has 2 aromatic rings. The van der Waals surface area contributed by atoms with E-state index in [2.05, 4.69) is 9.10 Å². The van der Waals surface area contributed by atoms with E-state index < -0.39 is 10.0 Å². The van der Waals surface area contributed by atoms with E-state index in [0.29, 0.717) is 16.3 Å². The van der Waals surface area contributed by atoms with Crippen LogP contribution in [0.1, 0.15) is 21.7 Å². The molecule has 19 heavy (non-hydrogen) atoms. The van der Waals surface area contributed by atoms with Crippen molar-refractivity contribution in [3.63, 3.8) is 0 Å². The van der Waals surface area contributed by atoms with E-state index in [0.717, 1.165) is 16.0 Å². The first-order chi connectivity index (χ1) is 8.81. The lowest BCUT2D eigenvalue weighted by Crippen LogP contribution is -2.15. The third-order valence-corrected chi connectivity index (χ3v) is 5.24. The minimum atomic E-state index is -3.56. The molecule has 0 aliphatic rings. The van der Waals surface area contributed by atoms with Gasteiger partial charge in [0.25, 0.3) is 10.0 Å². The predicted molar refractivity (Wildman–Crippen MR) is 78.3 cm³/mol. The topological polar surface area (TPSA) is 59.1 Å². The molecule has 0 spiro atoms. The van der Waals surface area contributed by atoms with E-state index >= 15 is 0 Å². The van der Waals surface area contributed by atoms with Crippen LogP contribution in [0.2, 0.25) is 0 Å². The standard InChI is InChI=1S/C13H16N2O2S2/c1-8-5-6-9(2)12(7-8)19(16,17)15-13-10(3)14-18-11(13)4/h5-7,15H,1-4H3. The summed E-state index contributed by atoms with van der Waals surface area (Å²) >= 11 is 1.30. The molecule has 0 amide bonds. The van der Waals surface area contributed by atoms with Crippen LogP contribution in [-0.2, 0) is 10.0 Å². The summed E-state index contributed by atoms with van der Waals surface area (Å²) in [7, 11) is -3.56. The van der Waals surface area contributed by atoms with Gasteiger partial charge in [0.05, 0.1) is 16.3 Å². The smallest absolute Gasteiger partial charge is 0.262 e. The van der Waals surface area contributed by atoms with Gasteiger partial charge in [0, 0.05) is 4.88 Å². The molecular formula is C13H16N2O2S2. The number of hydrogen-bond acceptors (Lipinski definition) is 4. The van der Waals surface area contributed by atoms with Crippen LogP contribution in [-0.4, -0.2) is 12.8 Å². The third kappa shape index (κ3) is 2.79. The maximum absolute atomic E-state index is 12.4. The Morgan fingerprint density at radius 2 is 1.84 bits per heavy atom. The number of aromatic nitrogens is 1. The highest BCUT2D eigenvalue weighted by Gasteiger charge is 2.20. The van der Waals surface area contributed by atoms with Crippen LogP contribution in [0.3, 0.4) is 0 Å². The normalized spacial score (nSPS) is 11.6. The Morgan fingerprint density at radius 1 is 1.16 bits per heavy atom. The van der Waals surface area contributed by atoms with Crippen molar-refractivity contribution in [3.8, 4) is 0 Å². The maximum atomic E-state index is 12.4. The molecule has 1 aromatic carbocycles. The molecule has 102 valence electrons. The maximum Gasteiger partial charge on any atom is 0.262 e. The van der Waals surface area contributed by atoms with Crippen LogP contribution < -0.4 is 4.72 Å². The van der Waals surface area contributed by atoms with Crippen molar-refractivity contribution in [3.05, 3.63) is 39.9 Å². The van der Waals surface area contributed by atoms with Gasteiger partial charge in [0.2, 0.25) is 0 Å². The van der Waals surface area contributed by atoms with Crippen LogP contribution in [0.5, 0.6) is 0 Å². The van der Waals surface area contributed by atoms with Gasteiger partial charge in [-0.25, -0.2) is 8.42 Å². The van der Waals surface area contributed by atoms with E-state index in [4.69, 9.17) is 0 Å². The number of aryl methyl sites for hydroxylation is 4. The molecule has 0 fully saturated rings. The first-order valence-electron chi connectivity index (χ1n) is 5.84. The van der Waals surface area contributed by atoms with Gasteiger partial charge in [0.1, 0.15) is 0 Å². The summed E-state index contributed by atoms with van der Waals surface area (Å²) in [6.45, 7) is 7.32. The highest BCUT2D eigenvalue weighted by Crippen LogP contribution is 2.27. The number of nitrogens with one attached hydrogen (secondary N) is 1. The van der Waals surface area contributed by atoms with Crippen LogP contribution >= 0.6 is 11.5 Å². The molecule has 4 nitrogen and oxygen atoms in total. The van der Waals surface area contributed by atoms with Crippen LogP contribution in [0.25, 0.3) is 0 Å². The van der Waals surface area contributed by atoms with Gasteiger partial charge in [-0.2, -0.15) is 4.37 Å². The lowest BCUT2D eigenvalue weighted by atomic mass is 10.2. The molecule has 1 aromatic heterocycles. The fourth-order valence-electron chi connectivity index (χ4n) is 1.81. The van der Waals surface area contributed by atoms with Crippen molar-refractivity contribution < 1.29 is 8.42 Å². The number of nitrogens with zero attached hydrogens (tertiary/aromatic N) is 1. The van der Waals surface area contributed by atoms with Crippen molar-refractivity contribution >= 4 is 27.2 Å². The van der Waals surface area contributed by atoms with E-state index in [1.807, 2.05) is 26.0 Å². The number of hydrogen-bond donors (Lipinski definition) is 1. The van der Waals surface area contributed by atoms with Crippen molar-refractivity contribution in [2.75, 3.05) is 4.72 Å².